The van der Waals surface area contributed by atoms with Crippen LogP contribution in [0, 0.1) is 26.7 Å². The molecule has 6 heteroatoms. The first kappa shape index (κ1) is 26.0. The van der Waals surface area contributed by atoms with Gasteiger partial charge >= 0.3 is 0 Å². The molecule has 3 aromatic rings. The number of aryl methyl sites for hydroxylation is 3. The van der Waals surface area contributed by atoms with Crippen LogP contribution in [0.3, 0.4) is 0 Å². The zero-order chi connectivity index (χ0) is 26.9. The number of nitrogens with zero attached hydrogens (tertiary/aromatic N) is 1. The van der Waals surface area contributed by atoms with Crippen molar-refractivity contribution in [2.75, 3.05) is 18.6 Å². The van der Waals surface area contributed by atoms with E-state index >= 15 is 0 Å². The molecule has 37 heavy (non-hydrogen) atoms. The van der Waals surface area contributed by atoms with Gasteiger partial charge < -0.3 is 14.6 Å². The summed E-state index contributed by atoms with van der Waals surface area (Å²) < 4.78 is 11.5. The number of hydrogen-bond donors (Lipinski definition) is 1. The Morgan fingerprint density at radius 2 is 1.68 bits per heavy atom. The molecular weight excluding hydrogens is 466 g/mol. The number of ketones is 1. The third-order valence-electron chi connectivity index (χ3n) is 6.39. The van der Waals surface area contributed by atoms with Crippen LogP contribution in [0.5, 0.6) is 11.5 Å². The smallest absolute Gasteiger partial charge is 0.300 e. The minimum absolute atomic E-state index is 0.00915. The number of methoxy groups -OCH3 is 1. The van der Waals surface area contributed by atoms with Crippen molar-refractivity contribution in [3.63, 3.8) is 0 Å². The molecule has 1 aliphatic heterocycles. The number of carbonyl (C=O) groups is 2. The Hall–Kier alpha value is -4.06. The Bertz CT molecular complexity index is 1370. The number of carbonyl (C=O) groups excluding carboxylic acids is 2. The molecule has 0 spiro atoms. The van der Waals surface area contributed by atoms with E-state index in [9.17, 15) is 14.7 Å². The lowest BCUT2D eigenvalue weighted by Crippen LogP contribution is -2.29. The van der Waals surface area contributed by atoms with E-state index in [1.54, 1.807) is 6.07 Å². The molecule has 1 heterocycles. The monoisotopic (exact) mass is 499 g/mol. The standard InChI is InChI=1S/C31H33NO5/c1-18(2)17-37-24-9-7-8-22(16-24)27-26(28(33)25-15-20(4)14-21(5)30(25)36-6)29(34)31(35)32(27)23-12-10-19(3)11-13-23/h7-16,18,27,33H,17H2,1-6H3/b28-26+. The maximum absolute atomic E-state index is 13.5. The van der Waals surface area contributed by atoms with E-state index in [2.05, 4.69) is 13.8 Å². The number of ether oxygens (including phenoxy) is 2. The van der Waals surface area contributed by atoms with Gasteiger partial charge in [-0.3, -0.25) is 14.5 Å². The Balaban J connectivity index is 1.96. The van der Waals surface area contributed by atoms with Crippen molar-refractivity contribution in [2.24, 2.45) is 5.92 Å². The highest BCUT2D eigenvalue weighted by Gasteiger charge is 2.47. The molecule has 1 saturated heterocycles. The van der Waals surface area contributed by atoms with Crippen molar-refractivity contribution < 1.29 is 24.2 Å². The van der Waals surface area contributed by atoms with Crippen molar-refractivity contribution in [3.05, 3.63) is 94.1 Å². The highest BCUT2D eigenvalue weighted by molar-refractivity contribution is 6.51. The second kappa shape index (κ2) is 10.5. The minimum atomic E-state index is -0.851. The van der Waals surface area contributed by atoms with Crippen LogP contribution in [-0.2, 0) is 9.59 Å². The zero-order valence-corrected chi connectivity index (χ0v) is 22.2. The Morgan fingerprint density at radius 1 is 0.973 bits per heavy atom. The highest BCUT2D eigenvalue weighted by atomic mass is 16.5. The van der Waals surface area contributed by atoms with E-state index in [1.165, 1.54) is 12.0 Å². The van der Waals surface area contributed by atoms with Crippen LogP contribution in [0.25, 0.3) is 5.76 Å². The summed E-state index contributed by atoms with van der Waals surface area (Å²) in [6, 6.07) is 17.6. The summed E-state index contributed by atoms with van der Waals surface area (Å²) in [4.78, 5) is 28.5. The number of Topliss-reactive ketones (excluding diaryl/α,β-unsaturated/α-hetero) is 1. The Kier molecular flexibility index (Phi) is 7.39. The molecular formula is C31H33NO5. The zero-order valence-electron chi connectivity index (χ0n) is 22.2. The fourth-order valence-corrected chi connectivity index (χ4v) is 4.70. The van der Waals surface area contributed by atoms with E-state index in [0.717, 1.165) is 16.7 Å². The maximum Gasteiger partial charge on any atom is 0.300 e. The van der Waals surface area contributed by atoms with Gasteiger partial charge in [0.1, 0.15) is 17.3 Å². The average molecular weight is 500 g/mol. The summed E-state index contributed by atoms with van der Waals surface area (Å²) in [5.74, 6) is -0.305. The van der Waals surface area contributed by atoms with E-state index in [0.29, 0.717) is 40.8 Å². The number of benzene rings is 3. The van der Waals surface area contributed by atoms with E-state index in [4.69, 9.17) is 9.47 Å². The van der Waals surface area contributed by atoms with Gasteiger partial charge in [0, 0.05) is 5.69 Å². The average Bonchev–Trinajstić information content (AvgIpc) is 3.13. The van der Waals surface area contributed by atoms with Crippen LogP contribution >= 0.6 is 0 Å². The second-order valence-electron chi connectivity index (χ2n) is 9.94. The summed E-state index contributed by atoms with van der Waals surface area (Å²) in [6.07, 6.45) is 0. The number of amides is 1. The van der Waals surface area contributed by atoms with Crippen molar-refractivity contribution in [2.45, 2.75) is 40.7 Å². The SMILES string of the molecule is COc1c(C)cc(C)cc1/C(O)=C1\C(=O)C(=O)N(c2ccc(C)cc2)C1c1cccc(OCC(C)C)c1. The summed E-state index contributed by atoms with van der Waals surface area (Å²) >= 11 is 0. The lowest BCUT2D eigenvalue weighted by molar-refractivity contribution is -0.132. The van der Waals surface area contributed by atoms with E-state index in [-0.39, 0.29) is 11.3 Å². The van der Waals surface area contributed by atoms with Crippen LogP contribution in [-0.4, -0.2) is 30.5 Å². The third kappa shape index (κ3) is 5.10. The Labute approximate surface area is 218 Å². The predicted octanol–water partition coefficient (Wildman–Crippen LogP) is 6.28. The lowest BCUT2D eigenvalue weighted by Gasteiger charge is -2.26. The molecule has 6 nitrogen and oxygen atoms in total. The fourth-order valence-electron chi connectivity index (χ4n) is 4.70. The lowest BCUT2D eigenvalue weighted by atomic mass is 9.93. The molecule has 0 saturated carbocycles. The summed E-state index contributed by atoms with van der Waals surface area (Å²) in [7, 11) is 1.52. The first-order valence-electron chi connectivity index (χ1n) is 12.4. The van der Waals surface area contributed by atoms with Crippen LogP contribution < -0.4 is 14.4 Å². The van der Waals surface area contributed by atoms with Crippen molar-refractivity contribution in [1.82, 2.24) is 0 Å². The maximum atomic E-state index is 13.5. The molecule has 1 aliphatic rings. The van der Waals surface area contributed by atoms with Crippen LogP contribution in [0.1, 0.15) is 47.7 Å². The van der Waals surface area contributed by atoms with Crippen molar-refractivity contribution in [1.29, 1.82) is 0 Å². The number of aliphatic hydroxyl groups excluding tert-OH is 1. The first-order chi connectivity index (χ1) is 17.6. The quantitative estimate of drug-likeness (QED) is 0.235. The number of anilines is 1. The molecule has 0 radical (unpaired) electrons. The van der Waals surface area contributed by atoms with Gasteiger partial charge in [0.25, 0.3) is 11.7 Å². The largest absolute Gasteiger partial charge is 0.507 e. The molecule has 0 bridgehead atoms. The summed E-state index contributed by atoms with van der Waals surface area (Å²) in [6.45, 7) is 10.4. The minimum Gasteiger partial charge on any atom is -0.507 e. The number of hydrogen-bond acceptors (Lipinski definition) is 5. The molecule has 1 amide bonds. The normalized spacial score (nSPS) is 16.9. The molecule has 3 aromatic carbocycles. The molecule has 1 N–H and O–H groups in total. The topological polar surface area (TPSA) is 76.1 Å². The fraction of sp³-hybridized carbons (Fsp3) is 0.290. The number of aliphatic hydroxyl groups is 1. The van der Waals surface area contributed by atoms with E-state index in [1.807, 2.05) is 75.4 Å². The van der Waals surface area contributed by atoms with Crippen molar-refractivity contribution >= 4 is 23.1 Å². The van der Waals surface area contributed by atoms with Gasteiger partial charge in [0.15, 0.2) is 0 Å². The molecule has 192 valence electrons. The molecule has 4 rings (SSSR count). The van der Waals surface area contributed by atoms with Crippen LogP contribution in [0.4, 0.5) is 5.69 Å². The molecule has 1 unspecified atom stereocenters. The first-order valence-corrected chi connectivity index (χ1v) is 12.4. The molecule has 1 fully saturated rings. The second-order valence-corrected chi connectivity index (χ2v) is 9.94. The van der Waals surface area contributed by atoms with Gasteiger partial charge in [0.05, 0.1) is 30.9 Å². The van der Waals surface area contributed by atoms with Gasteiger partial charge in [-0.05, 0) is 73.7 Å². The third-order valence-corrected chi connectivity index (χ3v) is 6.39. The summed E-state index contributed by atoms with van der Waals surface area (Å²) in [5.41, 5.74) is 4.35. The molecule has 1 atom stereocenters. The van der Waals surface area contributed by atoms with Gasteiger partial charge in [-0.25, -0.2) is 0 Å². The predicted molar refractivity (Wildman–Crippen MR) is 145 cm³/mol. The van der Waals surface area contributed by atoms with Gasteiger partial charge in [-0.15, -0.1) is 0 Å². The van der Waals surface area contributed by atoms with Crippen LogP contribution in [0.15, 0.2) is 66.2 Å². The van der Waals surface area contributed by atoms with Gasteiger partial charge in [-0.2, -0.15) is 0 Å². The van der Waals surface area contributed by atoms with Crippen LogP contribution in [0.2, 0.25) is 0 Å². The highest BCUT2D eigenvalue weighted by Crippen LogP contribution is 2.44. The molecule has 0 aromatic heterocycles. The van der Waals surface area contributed by atoms with Crippen molar-refractivity contribution in [3.8, 4) is 11.5 Å². The van der Waals surface area contributed by atoms with Gasteiger partial charge in [-0.1, -0.05) is 49.7 Å². The summed E-state index contributed by atoms with van der Waals surface area (Å²) in [5, 5.41) is 11.6. The Morgan fingerprint density at radius 3 is 2.32 bits per heavy atom. The van der Waals surface area contributed by atoms with E-state index < -0.39 is 17.7 Å². The number of rotatable bonds is 7. The van der Waals surface area contributed by atoms with Gasteiger partial charge in [0.2, 0.25) is 0 Å². The molecule has 0 aliphatic carbocycles.